The van der Waals surface area contributed by atoms with Crippen molar-refractivity contribution in [1.29, 1.82) is 5.26 Å². The van der Waals surface area contributed by atoms with E-state index in [-0.39, 0.29) is 0 Å². The van der Waals surface area contributed by atoms with Crippen LogP contribution < -0.4 is 11.1 Å². The van der Waals surface area contributed by atoms with Crippen molar-refractivity contribution >= 4 is 11.4 Å². The maximum Gasteiger partial charge on any atom is 0.101 e. The summed E-state index contributed by atoms with van der Waals surface area (Å²) in [7, 11) is 0. The first-order chi connectivity index (χ1) is 8.69. The minimum atomic E-state index is 0.638. The summed E-state index contributed by atoms with van der Waals surface area (Å²) in [5.41, 5.74) is 7.87. The highest BCUT2D eigenvalue weighted by molar-refractivity contribution is 5.62. The Morgan fingerprint density at radius 1 is 1.44 bits per heavy atom. The first kappa shape index (κ1) is 12.8. The molecule has 0 bridgehead atoms. The van der Waals surface area contributed by atoms with Crippen LogP contribution in [-0.4, -0.2) is 6.54 Å². The SMILES string of the molecule is CC1CCCC(CNc2ccc(N)cc2C#N)C1. The predicted octanol–water partition coefficient (Wildman–Crippen LogP) is 3.38. The first-order valence-electron chi connectivity index (χ1n) is 6.72. The van der Waals surface area contributed by atoms with E-state index in [1.807, 2.05) is 12.1 Å². The van der Waals surface area contributed by atoms with E-state index in [9.17, 15) is 0 Å². The number of nitrogens with one attached hydrogen (secondary N) is 1. The molecule has 0 radical (unpaired) electrons. The van der Waals surface area contributed by atoms with Crippen LogP contribution in [0.15, 0.2) is 18.2 Å². The molecule has 0 spiro atoms. The molecule has 2 atom stereocenters. The number of hydrogen-bond donors (Lipinski definition) is 2. The number of nitrogen functional groups attached to an aromatic ring is 1. The minimum Gasteiger partial charge on any atom is -0.399 e. The van der Waals surface area contributed by atoms with Gasteiger partial charge in [-0.15, -0.1) is 0 Å². The van der Waals surface area contributed by atoms with Gasteiger partial charge in [-0.2, -0.15) is 5.26 Å². The third-order valence-corrected chi connectivity index (χ3v) is 3.79. The van der Waals surface area contributed by atoms with Crippen molar-refractivity contribution in [3.63, 3.8) is 0 Å². The van der Waals surface area contributed by atoms with Crippen LogP contribution in [-0.2, 0) is 0 Å². The minimum absolute atomic E-state index is 0.638. The number of rotatable bonds is 3. The molecule has 3 heteroatoms. The van der Waals surface area contributed by atoms with Gasteiger partial charge in [0.25, 0.3) is 0 Å². The summed E-state index contributed by atoms with van der Waals surface area (Å²) in [4.78, 5) is 0. The van der Waals surface area contributed by atoms with Gasteiger partial charge in [0.05, 0.1) is 11.3 Å². The van der Waals surface area contributed by atoms with Crippen LogP contribution >= 0.6 is 0 Å². The van der Waals surface area contributed by atoms with E-state index in [4.69, 9.17) is 11.0 Å². The lowest BCUT2D eigenvalue weighted by atomic mass is 9.82. The van der Waals surface area contributed by atoms with Gasteiger partial charge in [0.15, 0.2) is 0 Å². The Bertz CT molecular complexity index is 448. The number of nitrogens with two attached hydrogens (primary N) is 1. The van der Waals surface area contributed by atoms with Crippen molar-refractivity contribution in [2.24, 2.45) is 11.8 Å². The van der Waals surface area contributed by atoms with E-state index in [1.54, 1.807) is 6.07 Å². The predicted molar refractivity (Wildman–Crippen MR) is 75.2 cm³/mol. The van der Waals surface area contributed by atoms with Gasteiger partial charge in [-0.3, -0.25) is 0 Å². The summed E-state index contributed by atoms with van der Waals surface area (Å²) in [6.45, 7) is 3.29. The summed E-state index contributed by atoms with van der Waals surface area (Å²) >= 11 is 0. The van der Waals surface area contributed by atoms with Crippen molar-refractivity contribution in [2.75, 3.05) is 17.6 Å². The quantitative estimate of drug-likeness (QED) is 0.800. The molecule has 1 aliphatic rings. The molecule has 1 aromatic carbocycles. The van der Waals surface area contributed by atoms with Gasteiger partial charge in [-0.1, -0.05) is 19.8 Å². The lowest BCUT2D eigenvalue weighted by molar-refractivity contribution is 0.293. The zero-order valence-electron chi connectivity index (χ0n) is 10.9. The molecule has 3 nitrogen and oxygen atoms in total. The Labute approximate surface area is 109 Å². The molecule has 0 heterocycles. The molecule has 0 aliphatic heterocycles. The van der Waals surface area contributed by atoms with E-state index >= 15 is 0 Å². The Morgan fingerprint density at radius 2 is 2.28 bits per heavy atom. The number of nitriles is 1. The maximum absolute atomic E-state index is 9.08. The second-order valence-electron chi connectivity index (χ2n) is 5.44. The zero-order chi connectivity index (χ0) is 13.0. The van der Waals surface area contributed by atoms with Gasteiger partial charge in [0.1, 0.15) is 6.07 Å². The van der Waals surface area contributed by atoms with E-state index in [0.717, 1.165) is 24.1 Å². The number of anilines is 2. The molecular formula is C15H21N3. The fourth-order valence-electron chi connectivity index (χ4n) is 2.81. The van der Waals surface area contributed by atoms with E-state index < -0.39 is 0 Å². The lowest BCUT2D eigenvalue weighted by Crippen LogP contribution is -2.21. The summed E-state index contributed by atoms with van der Waals surface area (Å²) in [6.07, 6.45) is 5.29. The summed E-state index contributed by atoms with van der Waals surface area (Å²) in [5, 5.41) is 12.5. The molecule has 2 rings (SSSR count). The lowest BCUT2D eigenvalue weighted by Gasteiger charge is -2.27. The Hall–Kier alpha value is -1.69. The molecular weight excluding hydrogens is 222 g/mol. The molecule has 3 N–H and O–H groups in total. The van der Waals surface area contributed by atoms with Crippen molar-refractivity contribution in [3.8, 4) is 6.07 Å². The standard InChI is InChI=1S/C15H21N3/c1-11-3-2-4-12(7-11)10-18-15-6-5-14(17)8-13(15)9-16/h5-6,8,11-12,18H,2-4,7,10,17H2,1H3. The van der Waals surface area contributed by atoms with Crippen molar-refractivity contribution in [1.82, 2.24) is 0 Å². The van der Waals surface area contributed by atoms with E-state index in [0.29, 0.717) is 11.3 Å². The fraction of sp³-hybridized carbons (Fsp3) is 0.533. The van der Waals surface area contributed by atoms with Crippen molar-refractivity contribution in [3.05, 3.63) is 23.8 Å². The average molecular weight is 243 g/mol. The smallest absolute Gasteiger partial charge is 0.101 e. The molecule has 2 unspecified atom stereocenters. The van der Waals surface area contributed by atoms with Crippen LogP contribution in [0, 0.1) is 23.2 Å². The summed E-state index contributed by atoms with van der Waals surface area (Å²) in [6, 6.07) is 7.66. The maximum atomic E-state index is 9.08. The van der Waals surface area contributed by atoms with Crippen LogP contribution in [0.3, 0.4) is 0 Å². The first-order valence-corrected chi connectivity index (χ1v) is 6.72. The second kappa shape index (κ2) is 5.77. The molecule has 96 valence electrons. The average Bonchev–Trinajstić information content (AvgIpc) is 2.37. The van der Waals surface area contributed by atoms with E-state index in [2.05, 4.69) is 18.3 Å². The largest absolute Gasteiger partial charge is 0.399 e. The highest BCUT2D eigenvalue weighted by Gasteiger charge is 2.18. The molecule has 1 fully saturated rings. The Balaban J connectivity index is 1.96. The number of benzene rings is 1. The van der Waals surface area contributed by atoms with Gasteiger partial charge in [0.2, 0.25) is 0 Å². The van der Waals surface area contributed by atoms with Crippen LogP contribution in [0.5, 0.6) is 0 Å². The van der Waals surface area contributed by atoms with Crippen LogP contribution in [0.25, 0.3) is 0 Å². The molecule has 1 saturated carbocycles. The third-order valence-electron chi connectivity index (χ3n) is 3.79. The number of hydrogen-bond acceptors (Lipinski definition) is 3. The molecule has 1 aromatic rings. The van der Waals surface area contributed by atoms with Gasteiger partial charge >= 0.3 is 0 Å². The highest BCUT2D eigenvalue weighted by Crippen LogP contribution is 2.29. The van der Waals surface area contributed by atoms with E-state index in [1.165, 1.54) is 25.7 Å². The number of nitrogens with zero attached hydrogens (tertiary/aromatic N) is 1. The topological polar surface area (TPSA) is 61.8 Å². The molecule has 0 amide bonds. The molecule has 0 saturated heterocycles. The van der Waals surface area contributed by atoms with Crippen molar-refractivity contribution < 1.29 is 0 Å². The Kier molecular flexibility index (Phi) is 4.09. The van der Waals surface area contributed by atoms with Crippen LogP contribution in [0.4, 0.5) is 11.4 Å². The zero-order valence-corrected chi connectivity index (χ0v) is 10.9. The Morgan fingerprint density at radius 3 is 3.00 bits per heavy atom. The third kappa shape index (κ3) is 3.16. The van der Waals surface area contributed by atoms with Gasteiger partial charge in [-0.25, -0.2) is 0 Å². The second-order valence-corrected chi connectivity index (χ2v) is 5.44. The molecule has 0 aromatic heterocycles. The van der Waals surface area contributed by atoms with Gasteiger partial charge in [-0.05, 0) is 42.9 Å². The monoisotopic (exact) mass is 243 g/mol. The van der Waals surface area contributed by atoms with Crippen molar-refractivity contribution in [2.45, 2.75) is 32.6 Å². The van der Waals surface area contributed by atoms with Gasteiger partial charge < -0.3 is 11.1 Å². The fourth-order valence-corrected chi connectivity index (χ4v) is 2.81. The van der Waals surface area contributed by atoms with Gasteiger partial charge in [0, 0.05) is 12.2 Å². The highest BCUT2D eigenvalue weighted by atomic mass is 14.9. The normalized spacial score (nSPS) is 23.3. The molecule has 1 aliphatic carbocycles. The summed E-state index contributed by atoms with van der Waals surface area (Å²) < 4.78 is 0. The molecule has 18 heavy (non-hydrogen) atoms. The summed E-state index contributed by atoms with van der Waals surface area (Å²) in [5.74, 6) is 1.57. The van der Waals surface area contributed by atoms with Crippen LogP contribution in [0.1, 0.15) is 38.2 Å². The van der Waals surface area contributed by atoms with Crippen LogP contribution in [0.2, 0.25) is 0 Å².